The van der Waals surface area contributed by atoms with Gasteiger partial charge >= 0.3 is 0 Å². The van der Waals surface area contributed by atoms with E-state index in [0.29, 0.717) is 33.1 Å². The molecule has 0 aliphatic carbocycles. The molecule has 31 heavy (non-hydrogen) atoms. The van der Waals surface area contributed by atoms with E-state index >= 15 is 0 Å². The summed E-state index contributed by atoms with van der Waals surface area (Å²) in [5.41, 5.74) is 2.43. The van der Waals surface area contributed by atoms with Gasteiger partial charge in [-0.05, 0) is 63.6 Å². The lowest BCUT2D eigenvalue weighted by molar-refractivity contribution is -0.115. The summed E-state index contributed by atoms with van der Waals surface area (Å²) in [7, 11) is 0. The van der Waals surface area contributed by atoms with Gasteiger partial charge in [0.15, 0.2) is 5.17 Å². The minimum absolute atomic E-state index is 0.221. The molecule has 0 bridgehead atoms. The molecule has 0 unspecified atom stereocenters. The fraction of sp³-hybridized carbons (Fsp3) is 0.0435. The first kappa shape index (κ1) is 22.1. The number of rotatable bonds is 5. The second-order valence-corrected chi connectivity index (χ2v) is 9.72. The van der Waals surface area contributed by atoms with Crippen molar-refractivity contribution in [1.29, 1.82) is 0 Å². The fourth-order valence-electron chi connectivity index (χ4n) is 2.84. The van der Waals surface area contributed by atoms with Crippen LogP contribution in [0.4, 0.5) is 5.69 Å². The highest BCUT2D eigenvalue weighted by Crippen LogP contribution is 2.37. The Kier molecular flexibility index (Phi) is 7.17. The number of ether oxygens (including phenoxy) is 1. The highest BCUT2D eigenvalue weighted by atomic mass is 79.9. The molecular formula is C23H15Br2ClN2O2S. The first-order valence-electron chi connectivity index (χ1n) is 9.19. The summed E-state index contributed by atoms with van der Waals surface area (Å²) in [5, 5.41) is 3.79. The molecule has 1 N–H and O–H groups in total. The average molecular weight is 579 g/mol. The van der Waals surface area contributed by atoms with Crippen LogP contribution in [0.3, 0.4) is 0 Å². The van der Waals surface area contributed by atoms with Crippen LogP contribution in [0, 0.1) is 0 Å². The smallest absolute Gasteiger partial charge is 0.264 e. The van der Waals surface area contributed by atoms with E-state index in [4.69, 9.17) is 16.3 Å². The molecular weight excluding hydrogens is 564 g/mol. The van der Waals surface area contributed by atoms with Gasteiger partial charge in [-0.3, -0.25) is 4.79 Å². The second kappa shape index (κ2) is 10.0. The zero-order chi connectivity index (χ0) is 21.8. The van der Waals surface area contributed by atoms with Crippen LogP contribution in [-0.4, -0.2) is 11.1 Å². The third-order valence-corrected chi connectivity index (χ3v) is 6.55. The SMILES string of the molecule is O=C1NC(=Nc2ccccc2Cl)S/C1=C\c1cc(Br)cc(Br)c1OCc1ccccc1. The Balaban J connectivity index is 1.62. The number of nitrogens with zero attached hydrogens (tertiary/aromatic N) is 1. The summed E-state index contributed by atoms with van der Waals surface area (Å²) in [6.45, 7) is 0.412. The van der Waals surface area contributed by atoms with E-state index in [1.54, 1.807) is 18.2 Å². The molecule has 0 aromatic heterocycles. The number of hydrogen-bond donors (Lipinski definition) is 1. The number of aliphatic imine (C=N–C) groups is 1. The largest absolute Gasteiger partial charge is 0.487 e. The normalized spacial score (nSPS) is 16.0. The van der Waals surface area contributed by atoms with Crippen molar-refractivity contribution in [2.24, 2.45) is 4.99 Å². The predicted octanol–water partition coefficient (Wildman–Crippen LogP) is 7.34. The van der Waals surface area contributed by atoms with Gasteiger partial charge in [-0.15, -0.1) is 0 Å². The summed E-state index contributed by atoms with van der Waals surface area (Å²) < 4.78 is 7.75. The van der Waals surface area contributed by atoms with Gasteiger partial charge in [0.25, 0.3) is 5.91 Å². The van der Waals surface area contributed by atoms with Gasteiger partial charge in [0.2, 0.25) is 0 Å². The summed E-state index contributed by atoms with van der Waals surface area (Å²) in [5.74, 6) is 0.436. The van der Waals surface area contributed by atoms with Crippen molar-refractivity contribution >= 4 is 78.1 Å². The fourth-order valence-corrected chi connectivity index (χ4v) is 5.22. The van der Waals surface area contributed by atoms with Crippen molar-refractivity contribution in [3.8, 4) is 5.75 Å². The van der Waals surface area contributed by atoms with Crippen molar-refractivity contribution in [2.75, 3.05) is 0 Å². The molecule has 1 saturated heterocycles. The van der Waals surface area contributed by atoms with E-state index in [-0.39, 0.29) is 5.91 Å². The number of carbonyl (C=O) groups excluding carboxylic acids is 1. The van der Waals surface area contributed by atoms with Crippen molar-refractivity contribution in [3.05, 3.63) is 96.7 Å². The molecule has 0 spiro atoms. The lowest BCUT2D eigenvalue weighted by Gasteiger charge is -2.12. The number of nitrogens with one attached hydrogen (secondary N) is 1. The van der Waals surface area contributed by atoms with Gasteiger partial charge < -0.3 is 10.1 Å². The van der Waals surface area contributed by atoms with Gasteiger partial charge in [-0.2, -0.15) is 0 Å². The molecule has 1 amide bonds. The zero-order valence-corrected chi connectivity index (χ0v) is 20.7. The third-order valence-electron chi connectivity index (χ3n) is 4.28. The van der Waals surface area contributed by atoms with Crippen molar-refractivity contribution < 1.29 is 9.53 Å². The summed E-state index contributed by atoms with van der Waals surface area (Å²) in [6.07, 6.45) is 1.80. The van der Waals surface area contributed by atoms with Gasteiger partial charge in [-0.1, -0.05) is 70.0 Å². The van der Waals surface area contributed by atoms with Crippen molar-refractivity contribution in [2.45, 2.75) is 6.61 Å². The van der Waals surface area contributed by atoms with E-state index in [0.717, 1.165) is 20.1 Å². The molecule has 156 valence electrons. The van der Waals surface area contributed by atoms with Gasteiger partial charge in [0.1, 0.15) is 12.4 Å². The van der Waals surface area contributed by atoms with E-state index in [2.05, 4.69) is 42.2 Å². The molecule has 0 saturated carbocycles. The molecule has 0 radical (unpaired) electrons. The minimum atomic E-state index is -0.221. The van der Waals surface area contributed by atoms with Gasteiger partial charge in [0, 0.05) is 10.0 Å². The number of carbonyl (C=O) groups is 1. The highest BCUT2D eigenvalue weighted by Gasteiger charge is 2.25. The number of amidine groups is 1. The topological polar surface area (TPSA) is 50.7 Å². The lowest BCUT2D eigenvalue weighted by Crippen LogP contribution is -2.19. The second-order valence-electron chi connectivity index (χ2n) is 6.51. The Morgan fingerprint density at radius 2 is 1.81 bits per heavy atom. The first-order chi connectivity index (χ1) is 15.0. The Hall–Kier alpha value is -2.06. The molecule has 3 aromatic carbocycles. The quantitative estimate of drug-likeness (QED) is 0.323. The van der Waals surface area contributed by atoms with Crippen molar-refractivity contribution in [1.82, 2.24) is 5.32 Å². The van der Waals surface area contributed by atoms with E-state index in [9.17, 15) is 4.79 Å². The summed E-state index contributed by atoms with van der Waals surface area (Å²) in [6, 6.07) is 21.0. The maximum Gasteiger partial charge on any atom is 0.264 e. The van der Waals surface area contributed by atoms with Crippen LogP contribution >= 0.6 is 55.2 Å². The van der Waals surface area contributed by atoms with E-state index in [1.165, 1.54) is 11.8 Å². The van der Waals surface area contributed by atoms with Gasteiger partial charge in [0.05, 0.1) is 20.1 Å². The Bertz CT molecular complexity index is 1200. The monoisotopic (exact) mass is 576 g/mol. The average Bonchev–Trinajstić information content (AvgIpc) is 3.08. The molecule has 4 rings (SSSR count). The third kappa shape index (κ3) is 5.60. The van der Waals surface area contributed by atoms with Crippen molar-refractivity contribution in [3.63, 3.8) is 0 Å². The zero-order valence-electron chi connectivity index (χ0n) is 15.9. The molecule has 1 aliphatic rings. The van der Waals surface area contributed by atoms with E-state index < -0.39 is 0 Å². The maximum absolute atomic E-state index is 12.5. The molecule has 1 fully saturated rings. The van der Waals surface area contributed by atoms with Crippen LogP contribution in [0.1, 0.15) is 11.1 Å². The first-order valence-corrected chi connectivity index (χ1v) is 12.0. The molecule has 0 atom stereocenters. The Morgan fingerprint density at radius 3 is 2.58 bits per heavy atom. The molecule has 4 nitrogen and oxygen atoms in total. The van der Waals surface area contributed by atoms with E-state index in [1.807, 2.05) is 54.6 Å². The molecule has 1 aliphatic heterocycles. The lowest BCUT2D eigenvalue weighted by atomic mass is 10.1. The number of thioether (sulfide) groups is 1. The minimum Gasteiger partial charge on any atom is -0.487 e. The number of amides is 1. The van der Waals surface area contributed by atoms with Crippen LogP contribution in [0.15, 0.2) is 85.6 Å². The highest BCUT2D eigenvalue weighted by molar-refractivity contribution is 9.11. The molecule has 8 heteroatoms. The van der Waals surface area contributed by atoms with Crippen LogP contribution in [0.5, 0.6) is 5.75 Å². The van der Waals surface area contributed by atoms with Crippen LogP contribution in [-0.2, 0) is 11.4 Å². The summed E-state index contributed by atoms with van der Waals surface area (Å²) >= 11 is 14.5. The Labute approximate surface area is 206 Å². The number of para-hydroxylation sites is 1. The van der Waals surface area contributed by atoms with Gasteiger partial charge in [-0.25, -0.2) is 4.99 Å². The van der Waals surface area contributed by atoms with Crippen LogP contribution in [0.2, 0.25) is 5.02 Å². The number of halogens is 3. The molecule has 3 aromatic rings. The Morgan fingerprint density at radius 1 is 1.06 bits per heavy atom. The standard InChI is InChI=1S/C23H15Br2ClN2O2S/c24-16-10-15(21(17(25)12-16)30-13-14-6-2-1-3-7-14)11-20-22(29)28-23(31-20)27-19-9-5-4-8-18(19)26/h1-12H,13H2,(H,27,28,29)/b20-11-. The van der Waals surface area contributed by atoms with Crippen LogP contribution in [0.25, 0.3) is 6.08 Å². The maximum atomic E-state index is 12.5. The van der Waals surface area contributed by atoms with Crippen LogP contribution < -0.4 is 10.1 Å². The number of benzene rings is 3. The predicted molar refractivity (Wildman–Crippen MR) is 135 cm³/mol. The summed E-state index contributed by atoms with van der Waals surface area (Å²) in [4.78, 5) is 17.5. The molecule has 1 heterocycles. The number of hydrogen-bond acceptors (Lipinski definition) is 4.